The fraction of sp³-hybridized carbons (Fsp3) is 0.688. The van der Waals surface area contributed by atoms with E-state index >= 15 is 0 Å². The molecular formula is C16H28O. The lowest BCUT2D eigenvalue weighted by Gasteiger charge is -1.95. The van der Waals surface area contributed by atoms with Crippen LogP contribution in [0.1, 0.15) is 71.1 Å². The van der Waals surface area contributed by atoms with Gasteiger partial charge in [-0.25, -0.2) is 0 Å². The van der Waals surface area contributed by atoms with Crippen molar-refractivity contribution < 1.29 is 4.79 Å². The van der Waals surface area contributed by atoms with Crippen LogP contribution in [0.15, 0.2) is 24.3 Å². The molecule has 1 heteroatoms. The van der Waals surface area contributed by atoms with Gasteiger partial charge in [0, 0.05) is 6.42 Å². The van der Waals surface area contributed by atoms with E-state index in [0.717, 1.165) is 25.5 Å². The predicted octanol–water partition coefficient (Wildman–Crippen LogP) is 5.22. The molecule has 17 heavy (non-hydrogen) atoms. The average molecular weight is 236 g/mol. The predicted molar refractivity (Wildman–Crippen MR) is 76.2 cm³/mol. The van der Waals surface area contributed by atoms with Crippen LogP contribution in [0.5, 0.6) is 0 Å². The van der Waals surface area contributed by atoms with Crippen LogP contribution < -0.4 is 0 Å². The molecule has 0 aromatic carbocycles. The minimum absolute atomic E-state index is 0.657. The first-order chi connectivity index (χ1) is 8.41. The van der Waals surface area contributed by atoms with Gasteiger partial charge in [0.15, 0.2) is 0 Å². The second kappa shape index (κ2) is 15.1. The molecule has 1 nitrogen and oxygen atoms in total. The van der Waals surface area contributed by atoms with Crippen molar-refractivity contribution in [2.75, 3.05) is 0 Å². The number of unbranched alkanes of at least 4 members (excludes halogenated alkanes) is 7. The summed E-state index contributed by atoms with van der Waals surface area (Å²) in [7, 11) is 0. The smallest absolute Gasteiger partial charge is 0.120 e. The number of rotatable bonds is 12. The van der Waals surface area contributed by atoms with Crippen molar-refractivity contribution in [1.82, 2.24) is 0 Å². The summed E-state index contributed by atoms with van der Waals surface area (Å²) in [6, 6.07) is 0. The van der Waals surface area contributed by atoms with Gasteiger partial charge in [0.05, 0.1) is 0 Å². The average Bonchev–Trinajstić information content (AvgIpc) is 2.35. The summed E-state index contributed by atoms with van der Waals surface area (Å²) < 4.78 is 0. The summed E-state index contributed by atoms with van der Waals surface area (Å²) >= 11 is 0. The highest BCUT2D eigenvalue weighted by Gasteiger charge is 1.86. The van der Waals surface area contributed by atoms with Crippen molar-refractivity contribution in [2.45, 2.75) is 71.1 Å². The maximum Gasteiger partial charge on any atom is 0.120 e. The van der Waals surface area contributed by atoms with E-state index in [1.54, 1.807) is 0 Å². The zero-order chi connectivity index (χ0) is 12.6. The fourth-order valence-electron chi connectivity index (χ4n) is 1.69. The summed E-state index contributed by atoms with van der Waals surface area (Å²) in [4.78, 5) is 10.1. The highest BCUT2D eigenvalue weighted by molar-refractivity contribution is 5.49. The Bertz CT molecular complexity index is 204. The molecule has 0 N–H and O–H groups in total. The topological polar surface area (TPSA) is 17.1 Å². The standard InChI is InChI=1S/C16H28O/c1-2-3-4-5-6-7-8-9-10-11-12-13-14-15-16-17/h8-9,12-13,16H,2-7,10-11,14-15H2,1H3/b9-8-,13-12-. The molecule has 0 aliphatic carbocycles. The number of hydrogen-bond acceptors (Lipinski definition) is 1. The molecule has 98 valence electrons. The molecule has 0 fully saturated rings. The Kier molecular flexibility index (Phi) is 14.4. The van der Waals surface area contributed by atoms with Crippen molar-refractivity contribution in [3.8, 4) is 0 Å². The first kappa shape index (κ1) is 16.1. The van der Waals surface area contributed by atoms with Crippen LogP contribution in [0.25, 0.3) is 0 Å². The Balaban J connectivity index is 3.14. The fourth-order valence-corrected chi connectivity index (χ4v) is 1.69. The summed E-state index contributed by atoms with van der Waals surface area (Å²) in [5.74, 6) is 0. The van der Waals surface area contributed by atoms with Gasteiger partial charge in [-0.3, -0.25) is 0 Å². The summed E-state index contributed by atoms with van der Waals surface area (Å²) in [6.07, 6.45) is 21.7. The zero-order valence-electron chi connectivity index (χ0n) is 11.4. The van der Waals surface area contributed by atoms with Gasteiger partial charge < -0.3 is 4.79 Å². The minimum Gasteiger partial charge on any atom is -0.303 e. The minimum atomic E-state index is 0.657. The highest BCUT2D eigenvalue weighted by Crippen LogP contribution is 2.06. The van der Waals surface area contributed by atoms with Crippen molar-refractivity contribution in [1.29, 1.82) is 0 Å². The van der Waals surface area contributed by atoms with Crippen LogP contribution in [0, 0.1) is 0 Å². The molecule has 0 bridgehead atoms. The van der Waals surface area contributed by atoms with E-state index in [1.807, 2.05) is 0 Å². The molecule has 0 saturated carbocycles. The molecule has 0 heterocycles. The molecule has 0 spiro atoms. The molecule has 0 unspecified atom stereocenters. The van der Waals surface area contributed by atoms with Crippen LogP contribution in [0.3, 0.4) is 0 Å². The first-order valence-corrected chi connectivity index (χ1v) is 7.15. The molecule has 0 aliphatic heterocycles. The molecule has 0 aromatic rings. The largest absolute Gasteiger partial charge is 0.303 e. The van der Waals surface area contributed by atoms with Crippen LogP contribution in [-0.2, 0) is 4.79 Å². The van der Waals surface area contributed by atoms with Crippen LogP contribution in [0.2, 0.25) is 0 Å². The third kappa shape index (κ3) is 15.1. The lowest BCUT2D eigenvalue weighted by molar-refractivity contribution is -0.107. The number of carbonyl (C=O) groups excluding carboxylic acids is 1. The van der Waals surface area contributed by atoms with E-state index in [2.05, 4.69) is 31.2 Å². The van der Waals surface area contributed by atoms with Crippen molar-refractivity contribution in [3.63, 3.8) is 0 Å². The zero-order valence-corrected chi connectivity index (χ0v) is 11.4. The van der Waals surface area contributed by atoms with Gasteiger partial charge >= 0.3 is 0 Å². The SMILES string of the molecule is CCCCCCC/C=C\CC/C=C\CCC=O. The van der Waals surface area contributed by atoms with Crippen molar-refractivity contribution >= 4 is 6.29 Å². The number of aldehydes is 1. The Labute approximate surface area is 107 Å². The Morgan fingerprint density at radius 2 is 1.18 bits per heavy atom. The van der Waals surface area contributed by atoms with E-state index < -0.39 is 0 Å². The van der Waals surface area contributed by atoms with E-state index in [4.69, 9.17) is 0 Å². The van der Waals surface area contributed by atoms with Crippen LogP contribution in [0.4, 0.5) is 0 Å². The Morgan fingerprint density at radius 3 is 1.76 bits per heavy atom. The third-order valence-corrected chi connectivity index (χ3v) is 2.76. The second-order valence-corrected chi connectivity index (χ2v) is 4.47. The molecule has 0 saturated heterocycles. The van der Waals surface area contributed by atoms with E-state index in [0.29, 0.717) is 6.42 Å². The molecule has 0 rings (SSSR count). The second-order valence-electron chi connectivity index (χ2n) is 4.47. The van der Waals surface area contributed by atoms with Gasteiger partial charge in [0.1, 0.15) is 6.29 Å². The number of carbonyl (C=O) groups is 1. The van der Waals surface area contributed by atoms with Gasteiger partial charge in [0.2, 0.25) is 0 Å². The molecule has 0 aliphatic rings. The molecule has 0 radical (unpaired) electrons. The van der Waals surface area contributed by atoms with Crippen molar-refractivity contribution in [2.24, 2.45) is 0 Å². The Hall–Kier alpha value is -0.850. The maximum atomic E-state index is 10.1. The number of allylic oxidation sites excluding steroid dienone is 4. The van der Waals surface area contributed by atoms with Gasteiger partial charge in [-0.15, -0.1) is 0 Å². The van der Waals surface area contributed by atoms with Crippen LogP contribution in [-0.4, -0.2) is 6.29 Å². The lowest BCUT2D eigenvalue weighted by atomic mass is 10.1. The van der Waals surface area contributed by atoms with E-state index in [9.17, 15) is 4.79 Å². The molecular weight excluding hydrogens is 208 g/mol. The van der Waals surface area contributed by atoms with Gasteiger partial charge in [-0.1, -0.05) is 56.9 Å². The molecule has 0 atom stereocenters. The Morgan fingerprint density at radius 1 is 0.647 bits per heavy atom. The highest BCUT2D eigenvalue weighted by atomic mass is 16.1. The lowest BCUT2D eigenvalue weighted by Crippen LogP contribution is -1.76. The number of hydrogen-bond donors (Lipinski definition) is 0. The van der Waals surface area contributed by atoms with E-state index in [1.165, 1.54) is 38.5 Å². The van der Waals surface area contributed by atoms with Crippen LogP contribution >= 0.6 is 0 Å². The van der Waals surface area contributed by atoms with E-state index in [-0.39, 0.29) is 0 Å². The summed E-state index contributed by atoms with van der Waals surface area (Å²) in [5, 5.41) is 0. The van der Waals surface area contributed by atoms with Gasteiger partial charge in [-0.2, -0.15) is 0 Å². The molecule has 0 aromatic heterocycles. The van der Waals surface area contributed by atoms with Gasteiger partial charge in [0.25, 0.3) is 0 Å². The normalized spacial score (nSPS) is 11.6. The summed E-state index contributed by atoms with van der Waals surface area (Å²) in [5.41, 5.74) is 0. The molecule has 0 amide bonds. The first-order valence-electron chi connectivity index (χ1n) is 7.15. The maximum absolute atomic E-state index is 10.1. The summed E-state index contributed by atoms with van der Waals surface area (Å²) in [6.45, 7) is 2.25. The third-order valence-electron chi connectivity index (χ3n) is 2.76. The monoisotopic (exact) mass is 236 g/mol. The quantitative estimate of drug-likeness (QED) is 0.258. The van der Waals surface area contributed by atoms with Gasteiger partial charge in [-0.05, 0) is 32.1 Å². The van der Waals surface area contributed by atoms with Crippen molar-refractivity contribution in [3.05, 3.63) is 24.3 Å².